The van der Waals surface area contributed by atoms with E-state index in [0.29, 0.717) is 0 Å². The van der Waals surface area contributed by atoms with Crippen LogP contribution in [0, 0.1) is 0 Å². The minimum atomic E-state index is -0.0639. The molecule has 0 unspecified atom stereocenters. The molecule has 0 saturated carbocycles. The zero-order chi connectivity index (χ0) is 26.1. The van der Waals surface area contributed by atoms with E-state index in [4.69, 9.17) is 9.97 Å². The van der Waals surface area contributed by atoms with E-state index in [-0.39, 0.29) is 5.41 Å². The van der Waals surface area contributed by atoms with E-state index < -0.39 is 0 Å². The number of aromatic nitrogens is 2. The number of benzene rings is 6. The van der Waals surface area contributed by atoms with Gasteiger partial charge in [-0.2, -0.15) is 0 Å². The summed E-state index contributed by atoms with van der Waals surface area (Å²) in [6, 6.07) is 43.4. The van der Waals surface area contributed by atoms with Crippen LogP contribution in [0.4, 0.5) is 0 Å². The SMILES string of the molecule is CC1(C)c2ccccc2-c2cc3cccc(-c4nc(-c5ccccc5)c5c(ccc6ccccc65)n4)c3cc21. The van der Waals surface area contributed by atoms with Crippen LogP contribution in [0.3, 0.4) is 0 Å². The lowest BCUT2D eigenvalue weighted by molar-refractivity contribution is 0.661. The highest BCUT2D eigenvalue weighted by atomic mass is 14.9. The van der Waals surface area contributed by atoms with Crippen molar-refractivity contribution in [1.29, 1.82) is 0 Å². The van der Waals surface area contributed by atoms with Gasteiger partial charge in [-0.1, -0.05) is 117 Å². The topological polar surface area (TPSA) is 25.8 Å². The number of fused-ring (bicyclic) bond motifs is 7. The third kappa shape index (κ3) is 3.21. The Bertz CT molecular complexity index is 2090. The van der Waals surface area contributed by atoms with Gasteiger partial charge in [-0.15, -0.1) is 0 Å². The van der Waals surface area contributed by atoms with Crippen molar-refractivity contribution in [2.24, 2.45) is 0 Å². The number of nitrogens with zero attached hydrogens (tertiary/aromatic N) is 2. The molecular formula is C37H26N2. The third-order valence-corrected chi connectivity index (χ3v) is 8.46. The molecule has 8 rings (SSSR count). The fourth-order valence-electron chi connectivity index (χ4n) is 6.50. The molecule has 0 bridgehead atoms. The summed E-state index contributed by atoms with van der Waals surface area (Å²) in [5.41, 5.74) is 9.44. The molecule has 0 amide bonds. The average molecular weight is 499 g/mol. The molecule has 39 heavy (non-hydrogen) atoms. The molecule has 0 fully saturated rings. The Balaban J connectivity index is 1.43. The molecule has 2 heteroatoms. The van der Waals surface area contributed by atoms with Crippen LogP contribution >= 0.6 is 0 Å². The Morgan fingerprint density at radius 2 is 1.26 bits per heavy atom. The first kappa shape index (κ1) is 22.2. The molecule has 1 heterocycles. The van der Waals surface area contributed by atoms with Gasteiger partial charge in [-0.25, -0.2) is 9.97 Å². The molecule has 0 atom stereocenters. The van der Waals surface area contributed by atoms with E-state index in [1.807, 2.05) is 0 Å². The molecule has 1 aliphatic rings. The van der Waals surface area contributed by atoms with E-state index in [9.17, 15) is 0 Å². The Hall–Kier alpha value is -4.82. The van der Waals surface area contributed by atoms with Crippen LogP contribution in [0.1, 0.15) is 25.0 Å². The van der Waals surface area contributed by atoms with Crippen molar-refractivity contribution < 1.29 is 0 Å². The minimum absolute atomic E-state index is 0.0639. The van der Waals surface area contributed by atoms with Crippen LogP contribution < -0.4 is 0 Å². The molecule has 7 aromatic rings. The molecule has 0 aliphatic heterocycles. The molecule has 0 saturated heterocycles. The average Bonchev–Trinajstić information content (AvgIpc) is 3.21. The van der Waals surface area contributed by atoms with Crippen molar-refractivity contribution in [3.63, 3.8) is 0 Å². The van der Waals surface area contributed by atoms with Crippen LogP contribution in [0.2, 0.25) is 0 Å². The highest BCUT2D eigenvalue weighted by molar-refractivity contribution is 6.13. The summed E-state index contributed by atoms with van der Waals surface area (Å²) in [5, 5.41) is 5.87. The summed E-state index contributed by atoms with van der Waals surface area (Å²) in [6.45, 7) is 4.66. The molecule has 184 valence electrons. The summed E-state index contributed by atoms with van der Waals surface area (Å²) in [4.78, 5) is 10.5. The number of hydrogen-bond donors (Lipinski definition) is 0. The first-order valence-corrected chi connectivity index (χ1v) is 13.5. The van der Waals surface area contributed by atoms with Gasteiger partial charge in [-0.05, 0) is 62.0 Å². The van der Waals surface area contributed by atoms with Gasteiger partial charge in [0.15, 0.2) is 5.82 Å². The minimum Gasteiger partial charge on any atom is -0.228 e. The van der Waals surface area contributed by atoms with Gasteiger partial charge >= 0.3 is 0 Å². The second-order valence-corrected chi connectivity index (χ2v) is 11.0. The van der Waals surface area contributed by atoms with Gasteiger partial charge in [0.2, 0.25) is 0 Å². The van der Waals surface area contributed by atoms with Crippen molar-refractivity contribution in [2.75, 3.05) is 0 Å². The summed E-state index contributed by atoms with van der Waals surface area (Å²) in [7, 11) is 0. The van der Waals surface area contributed by atoms with Crippen molar-refractivity contribution in [3.8, 4) is 33.8 Å². The molecular weight excluding hydrogens is 472 g/mol. The van der Waals surface area contributed by atoms with Crippen molar-refractivity contribution >= 4 is 32.4 Å². The monoisotopic (exact) mass is 498 g/mol. The normalized spacial score (nSPS) is 13.6. The van der Waals surface area contributed by atoms with Gasteiger partial charge in [-0.3, -0.25) is 0 Å². The van der Waals surface area contributed by atoms with E-state index >= 15 is 0 Å². The van der Waals surface area contributed by atoms with Crippen molar-refractivity contribution in [3.05, 3.63) is 132 Å². The lowest BCUT2D eigenvalue weighted by Crippen LogP contribution is -2.14. The largest absolute Gasteiger partial charge is 0.228 e. The highest BCUT2D eigenvalue weighted by Gasteiger charge is 2.35. The van der Waals surface area contributed by atoms with Gasteiger partial charge in [0, 0.05) is 21.9 Å². The van der Waals surface area contributed by atoms with Crippen LogP contribution in [-0.4, -0.2) is 9.97 Å². The second kappa shape index (κ2) is 8.09. The number of rotatable bonds is 2. The van der Waals surface area contributed by atoms with Gasteiger partial charge in [0.25, 0.3) is 0 Å². The Morgan fingerprint density at radius 1 is 0.513 bits per heavy atom. The fraction of sp³-hybridized carbons (Fsp3) is 0.0811. The van der Waals surface area contributed by atoms with Gasteiger partial charge < -0.3 is 0 Å². The molecule has 1 aromatic heterocycles. The molecule has 6 aromatic carbocycles. The maximum Gasteiger partial charge on any atom is 0.161 e. The molecule has 2 nitrogen and oxygen atoms in total. The molecule has 1 aliphatic carbocycles. The first-order chi connectivity index (χ1) is 19.1. The smallest absolute Gasteiger partial charge is 0.161 e. The quantitative estimate of drug-likeness (QED) is 0.222. The Labute approximate surface area is 227 Å². The fourth-order valence-corrected chi connectivity index (χ4v) is 6.50. The van der Waals surface area contributed by atoms with Crippen molar-refractivity contribution in [1.82, 2.24) is 9.97 Å². The van der Waals surface area contributed by atoms with Crippen LogP contribution in [-0.2, 0) is 5.41 Å². The van der Waals surface area contributed by atoms with Crippen LogP contribution in [0.15, 0.2) is 121 Å². The Kier molecular flexibility index (Phi) is 4.60. The summed E-state index contributed by atoms with van der Waals surface area (Å²) in [5.74, 6) is 0.760. The summed E-state index contributed by atoms with van der Waals surface area (Å²) >= 11 is 0. The molecule has 0 spiro atoms. The highest BCUT2D eigenvalue weighted by Crippen LogP contribution is 2.50. The lowest BCUT2D eigenvalue weighted by atomic mass is 9.81. The molecule has 0 N–H and O–H groups in total. The maximum absolute atomic E-state index is 5.30. The standard InChI is InChI=1S/C37H26N2/c1-37(2)31-18-9-8-16-27(31)30-21-25-14-10-17-28(29(25)22-32(30)37)36-38-33-20-19-23-11-6-7-15-26(23)34(33)35(39-36)24-12-4-3-5-13-24/h3-22H,1-2H3. The van der Waals surface area contributed by atoms with Crippen LogP contribution in [0.5, 0.6) is 0 Å². The van der Waals surface area contributed by atoms with E-state index in [1.165, 1.54) is 43.8 Å². The zero-order valence-corrected chi connectivity index (χ0v) is 21.9. The summed E-state index contributed by atoms with van der Waals surface area (Å²) < 4.78 is 0. The van der Waals surface area contributed by atoms with Crippen LogP contribution in [0.25, 0.3) is 66.2 Å². The first-order valence-electron chi connectivity index (χ1n) is 13.5. The van der Waals surface area contributed by atoms with E-state index in [2.05, 4.69) is 135 Å². The lowest BCUT2D eigenvalue weighted by Gasteiger charge is -2.22. The third-order valence-electron chi connectivity index (χ3n) is 8.46. The van der Waals surface area contributed by atoms with Gasteiger partial charge in [0.1, 0.15) is 0 Å². The predicted molar refractivity (Wildman–Crippen MR) is 163 cm³/mol. The van der Waals surface area contributed by atoms with Gasteiger partial charge in [0.05, 0.1) is 11.2 Å². The second-order valence-electron chi connectivity index (χ2n) is 11.0. The maximum atomic E-state index is 5.30. The Morgan fingerprint density at radius 3 is 2.15 bits per heavy atom. The van der Waals surface area contributed by atoms with E-state index in [0.717, 1.165) is 33.5 Å². The number of hydrogen-bond acceptors (Lipinski definition) is 2. The van der Waals surface area contributed by atoms with E-state index in [1.54, 1.807) is 0 Å². The molecule has 0 radical (unpaired) electrons. The summed E-state index contributed by atoms with van der Waals surface area (Å²) in [6.07, 6.45) is 0. The zero-order valence-electron chi connectivity index (χ0n) is 21.9. The predicted octanol–water partition coefficient (Wildman–Crippen LogP) is 9.58. The van der Waals surface area contributed by atoms with Crippen molar-refractivity contribution in [2.45, 2.75) is 19.3 Å².